The highest BCUT2D eigenvalue weighted by atomic mass is 19.1. The highest BCUT2D eigenvalue weighted by Gasteiger charge is 2.26. The van der Waals surface area contributed by atoms with Crippen LogP contribution in [0.1, 0.15) is 22.7 Å². The van der Waals surface area contributed by atoms with E-state index in [1.807, 2.05) is 24.3 Å². The molecular weight excluding hydrogens is 269 g/mol. The van der Waals surface area contributed by atoms with Gasteiger partial charge < -0.3 is 14.8 Å². The van der Waals surface area contributed by atoms with Gasteiger partial charge in [0, 0.05) is 23.7 Å². The Kier molecular flexibility index (Phi) is 3.80. The van der Waals surface area contributed by atoms with Crippen LogP contribution in [-0.2, 0) is 6.42 Å². The number of hydrogen-bond acceptors (Lipinski definition) is 3. The van der Waals surface area contributed by atoms with E-state index in [0.717, 1.165) is 35.6 Å². The van der Waals surface area contributed by atoms with Crippen molar-refractivity contribution in [3.63, 3.8) is 0 Å². The first-order valence-electron chi connectivity index (χ1n) is 6.97. The second kappa shape index (κ2) is 5.74. The minimum Gasteiger partial charge on any atom is -0.497 e. The number of rotatable bonds is 3. The van der Waals surface area contributed by atoms with E-state index in [-0.39, 0.29) is 11.9 Å². The molecule has 0 bridgehead atoms. The molecule has 0 aromatic heterocycles. The monoisotopic (exact) mass is 287 g/mol. The first kappa shape index (κ1) is 13.9. The van der Waals surface area contributed by atoms with Crippen molar-refractivity contribution in [2.75, 3.05) is 20.8 Å². The molecule has 0 spiro atoms. The molecule has 0 saturated carbocycles. The summed E-state index contributed by atoms with van der Waals surface area (Å²) < 4.78 is 24.9. The zero-order chi connectivity index (χ0) is 14.8. The Hall–Kier alpha value is -2.07. The second-order valence-corrected chi connectivity index (χ2v) is 5.06. The van der Waals surface area contributed by atoms with Gasteiger partial charge in [-0.15, -0.1) is 0 Å². The standard InChI is InChI=1S/C17H18FNO2/c1-20-11-9-14-12(16(10-11)21-2)7-8-19-17(14)13-5-3-4-6-15(13)18/h3-6,9-10,17,19H,7-8H2,1-2H3. The first-order valence-corrected chi connectivity index (χ1v) is 6.97. The number of fused-ring (bicyclic) bond motifs is 1. The van der Waals surface area contributed by atoms with Gasteiger partial charge in [0.1, 0.15) is 17.3 Å². The van der Waals surface area contributed by atoms with Gasteiger partial charge in [0.15, 0.2) is 0 Å². The molecule has 21 heavy (non-hydrogen) atoms. The Morgan fingerprint density at radius 1 is 1.10 bits per heavy atom. The third-order valence-corrected chi connectivity index (χ3v) is 3.92. The summed E-state index contributed by atoms with van der Waals surface area (Å²) in [6, 6.07) is 10.5. The van der Waals surface area contributed by atoms with Crippen LogP contribution in [0.3, 0.4) is 0 Å². The van der Waals surface area contributed by atoms with Gasteiger partial charge in [0.2, 0.25) is 0 Å². The predicted octanol–water partition coefficient (Wildman–Crippen LogP) is 3.08. The van der Waals surface area contributed by atoms with Crippen molar-refractivity contribution in [2.24, 2.45) is 0 Å². The summed E-state index contributed by atoms with van der Waals surface area (Å²) in [6.07, 6.45) is 0.855. The number of halogens is 1. The molecule has 0 aliphatic carbocycles. The number of hydrogen-bond donors (Lipinski definition) is 1. The van der Waals surface area contributed by atoms with Crippen molar-refractivity contribution >= 4 is 0 Å². The molecule has 1 aliphatic rings. The van der Waals surface area contributed by atoms with Crippen LogP contribution in [-0.4, -0.2) is 20.8 Å². The molecule has 110 valence electrons. The average molecular weight is 287 g/mol. The third-order valence-electron chi connectivity index (χ3n) is 3.92. The molecule has 3 nitrogen and oxygen atoms in total. The lowest BCUT2D eigenvalue weighted by Gasteiger charge is -2.29. The van der Waals surface area contributed by atoms with Gasteiger partial charge in [0.05, 0.1) is 20.3 Å². The van der Waals surface area contributed by atoms with E-state index in [1.165, 1.54) is 6.07 Å². The summed E-state index contributed by atoms with van der Waals surface area (Å²) in [5.74, 6) is 1.31. The number of benzene rings is 2. The molecule has 1 atom stereocenters. The van der Waals surface area contributed by atoms with Gasteiger partial charge in [-0.2, -0.15) is 0 Å². The topological polar surface area (TPSA) is 30.5 Å². The summed E-state index contributed by atoms with van der Waals surface area (Å²) in [6.45, 7) is 0.786. The van der Waals surface area contributed by atoms with E-state index >= 15 is 0 Å². The van der Waals surface area contributed by atoms with Crippen LogP contribution < -0.4 is 14.8 Å². The molecule has 0 radical (unpaired) electrons. The van der Waals surface area contributed by atoms with Crippen LogP contribution in [0.25, 0.3) is 0 Å². The molecular formula is C17H18FNO2. The lowest BCUT2D eigenvalue weighted by Crippen LogP contribution is -2.31. The summed E-state index contributed by atoms with van der Waals surface area (Å²) in [5, 5.41) is 3.38. The Labute approximate surface area is 123 Å². The number of nitrogens with one attached hydrogen (secondary N) is 1. The van der Waals surface area contributed by atoms with Gasteiger partial charge in [-0.1, -0.05) is 18.2 Å². The van der Waals surface area contributed by atoms with Crippen LogP contribution in [0, 0.1) is 5.82 Å². The summed E-state index contributed by atoms with van der Waals surface area (Å²) in [7, 11) is 3.27. The van der Waals surface area contributed by atoms with Crippen LogP contribution in [0.4, 0.5) is 4.39 Å². The quantitative estimate of drug-likeness (QED) is 0.941. The fourth-order valence-electron chi connectivity index (χ4n) is 2.90. The van der Waals surface area contributed by atoms with Crippen LogP contribution in [0.15, 0.2) is 36.4 Å². The summed E-state index contributed by atoms with van der Waals surface area (Å²) >= 11 is 0. The smallest absolute Gasteiger partial charge is 0.128 e. The lowest BCUT2D eigenvalue weighted by atomic mass is 9.88. The minimum absolute atomic E-state index is 0.182. The number of ether oxygens (including phenoxy) is 2. The Morgan fingerprint density at radius 3 is 2.62 bits per heavy atom. The molecule has 4 heteroatoms. The zero-order valence-electron chi connectivity index (χ0n) is 12.2. The van der Waals surface area contributed by atoms with E-state index in [0.29, 0.717) is 5.56 Å². The molecule has 0 amide bonds. The first-order chi connectivity index (χ1) is 10.2. The Balaban J connectivity index is 2.15. The van der Waals surface area contributed by atoms with E-state index in [4.69, 9.17) is 9.47 Å². The largest absolute Gasteiger partial charge is 0.497 e. The van der Waals surface area contributed by atoms with Crippen molar-refractivity contribution in [2.45, 2.75) is 12.5 Å². The van der Waals surface area contributed by atoms with Crippen LogP contribution in [0.2, 0.25) is 0 Å². The van der Waals surface area contributed by atoms with Gasteiger partial charge in [-0.05, 0) is 24.1 Å². The van der Waals surface area contributed by atoms with E-state index < -0.39 is 0 Å². The van der Waals surface area contributed by atoms with E-state index in [9.17, 15) is 4.39 Å². The van der Waals surface area contributed by atoms with E-state index in [2.05, 4.69) is 5.32 Å². The zero-order valence-corrected chi connectivity index (χ0v) is 12.2. The fourth-order valence-corrected chi connectivity index (χ4v) is 2.90. The maximum Gasteiger partial charge on any atom is 0.128 e. The van der Waals surface area contributed by atoms with Gasteiger partial charge >= 0.3 is 0 Å². The summed E-state index contributed by atoms with van der Waals surface area (Å²) in [5.41, 5.74) is 2.78. The molecule has 0 saturated heterocycles. The maximum absolute atomic E-state index is 14.1. The van der Waals surface area contributed by atoms with Gasteiger partial charge in [-0.25, -0.2) is 4.39 Å². The van der Waals surface area contributed by atoms with Crippen LogP contribution >= 0.6 is 0 Å². The minimum atomic E-state index is -0.204. The van der Waals surface area contributed by atoms with Gasteiger partial charge in [-0.3, -0.25) is 0 Å². The molecule has 2 aromatic rings. The fraction of sp³-hybridized carbons (Fsp3) is 0.294. The second-order valence-electron chi connectivity index (χ2n) is 5.06. The molecule has 1 unspecified atom stereocenters. The van der Waals surface area contributed by atoms with Crippen molar-refractivity contribution in [1.82, 2.24) is 5.32 Å². The molecule has 2 aromatic carbocycles. The molecule has 0 fully saturated rings. The van der Waals surface area contributed by atoms with Gasteiger partial charge in [0.25, 0.3) is 0 Å². The lowest BCUT2D eigenvalue weighted by molar-refractivity contribution is 0.384. The molecule has 1 heterocycles. The average Bonchev–Trinajstić information content (AvgIpc) is 2.53. The third kappa shape index (κ3) is 2.47. The predicted molar refractivity (Wildman–Crippen MR) is 79.5 cm³/mol. The van der Waals surface area contributed by atoms with Crippen molar-refractivity contribution in [3.8, 4) is 11.5 Å². The van der Waals surface area contributed by atoms with Crippen molar-refractivity contribution in [1.29, 1.82) is 0 Å². The maximum atomic E-state index is 14.1. The Bertz CT molecular complexity index is 657. The molecule has 1 aliphatic heterocycles. The number of methoxy groups -OCH3 is 2. The normalized spacial score (nSPS) is 17.2. The summed E-state index contributed by atoms with van der Waals surface area (Å²) in [4.78, 5) is 0. The van der Waals surface area contributed by atoms with E-state index in [1.54, 1.807) is 20.3 Å². The molecule has 1 N–H and O–H groups in total. The SMILES string of the molecule is COc1cc(OC)c2c(c1)C(c1ccccc1F)NCC2. The highest BCUT2D eigenvalue weighted by molar-refractivity contribution is 5.51. The highest BCUT2D eigenvalue weighted by Crippen LogP contribution is 2.38. The van der Waals surface area contributed by atoms with Crippen LogP contribution in [0.5, 0.6) is 11.5 Å². The molecule has 3 rings (SSSR count). The Morgan fingerprint density at radius 2 is 1.90 bits per heavy atom. The van der Waals surface area contributed by atoms with Crippen molar-refractivity contribution < 1.29 is 13.9 Å². The van der Waals surface area contributed by atoms with Crippen molar-refractivity contribution in [3.05, 3.63) is 58.9 Å².